The maximum atomic E-state index is 12.7. The van der Waals surface area contributed by atoms with Gasteiger partial charge < -0.3 is 15.0 Å². The highest BCUT2D eigenvalue weighted by atomic mass is 16.5. The molecule has 6 nitrogen and oxygen atoms in total. The maximum Gasteiger partial charge on any atom is 0.242 e. The Morgan fingerprint density at radius 2 is 1.96 bits per heavy atom. The van der Waals surface area contributed by atoms with Crippen molar-refractivity contribution in [1.82, 2.24) is 10.2 Å². The van der Waals surface area contributed by atoms with Gasteiger partial charge in [-0.1, -0.05) is 11.6 Å². The zero-order chi connectivity index (χ0) is 20.7. The third-order valence-electron chi connectivity index (χ3n) is 5.51. The Hall–Kier alpha value is -2.37. The molecule has 6 heteroatoms. The van der Waals surface area contributed by atoms with Crippen LogP contribution in [0.5, 0.6) is 5.75 Å². The summed E-state index contributed by atoms with van der Waals surface area (Å²) >= 11 is 0. The number of carbonyl (C=O) groups excluding carboxylic acids is 3. The van der Waals surface area contributed by atoms with E-state index in [2.05, 4.69) is 5.32 Å². The van der Waals surface area contributed by atoms with E-state index in [4.69, 9.17) is 4.74 Å². The number of carbonyl (C=O) groups is 3. The van der Waals surface area contributed by atoms with Crippen molar-refractivity contribution in [2.24, 2.45) is 0 Å². The number of rotatable bonds is 2. The minimum absolute atomic E-state index is 0.0596. The van der Waals surface area contributed by atoms with E-state index in [9.17, 15) is 14.4 Å². The molecule has 2 aliphatic rings. The highest BCUT2D eigenvalue weighted by Gasteiger charge is 2.44. The van der Waals surface area contributed by atoms with Gasteiger partial charge in [-0.3, -0.25) is 14.4 Å². The van der Waals surface area contributed by atoms with Crippen LogP contribution in [-0.4, -0.2) is 46.2 Å². The number of hydrogen-bond donors (Lipinski definition) is 1. The predicted molar refractivity (Wildman–Crippen MR) is 106 cm³/mol. The molecule has 0 radical (unpaired) electrons. The standard InChI is InChI=1S/C22H30N2O4/c1-14-6-7-18-16(12-14)17(25)13-22(28-18)9-8-19(26)24(11-10-22)15(2)20(27)23-21(3,4)5/h6-7,12,15H,8-11,13H2,1-5H3,(H,23,27). The molecule has 152 valence electrons. The van der Waals surface area contributed by atoms with Crippen LogP contribution in [0.1, 0.15) is 69.3 Å². The average molecular weight is 386 g/mol. The van der Waals surface area contributed by atoms with Crippen molar-refractivity contribution in [3.63, 3.8) is 0 Å². The molecule has 0 aliphatic carbocycles. The Morgan fingerprint density at radius 3 is 2.64 bits per heavy atom. The topological polar surface area (TPSA) is 75.7 Å². The fourth-order valence-electron chi connectivity index (χ4n) is 3.96. The summed E-state index contributed by atoms with van der Waals surface area (Å²) in [6, 6.07) is 5.07. The Kier molecular flexibility index (Phi) is 5.26. The summed E-state index contributed by atoms with van der Waals surface area (Å²) in [4.78, 5) is 39.6. The Bertz CT molecular complexity index is 811. The van der Waals surface area contributed by atoms with Gasteiger partial charge in [-0.2, -0.15) is 0 Å². The van der Waals surface area contributed by atoms with Crippen LogP contribution >= 0.6 is 0 Å². The van der Waals surface area contributed by atoms with E-state index in [1.165, 1.54) is 0 Å². The summed E-state index contributed by atoms with van der Waals surface area (Å²) in [6.07, 6.45) is 1.55. The van der Waals surface area contributed by atoms with E-state index in [1.807, 2.05) is 45.9 Å². The second-order valence-electron chi connectivity index (χ2n) is 9.14. The second kappa shape index (κ2) is 7.22. The lowest BCUT2D eigenvalue weighted by Crippen LogP contribution is -2.52. The number of ether oxygens (including phenoxy) is 1. The predicted octanol–water partition coefficient (Wildman–Crippen LogP) is 3.01. The van der Waals surface area contributed by atoms with Gasteiger partial charge in [0.1, 0.15) is 17.4 Å². The molecule has 0 aromatic heterocycles. The number of likely N-dealkylation sites (tertiary alicyclic amines) is 1. The minimum atomic E-state index is -0.677. The van der Waals surface area contributed by atoms with Crippen LogP contribution in [-0.2, 0) is 9.59 Å². The number of nitrogens with one attached hydrogen (secondary N) is 1. The number of amides is 2. The highest BCUT2D eigenvalue weighted by molar-refractivity contribution is 6.00. The van der Waals surface area contributed by atoms with E-state index in [0.717, 1.165) is 5.56 Å². The molecule has 1 aromatic carbocycles. The van der Waals surface area contributed by atoms with Crippen LogP contribution in [0.2, 0.25) is 0 Å². The fourth-order valence-corrected chi connectivity index (χ4v) is 3.96. The van der Waals surface area contributed by atoms with Gasteiger partial charge in [0.2, 0.25) is 11.8 Å². The molecule has 3 rings (SSSR count). The van der Waals surface area contributed by atoms with Crippen molar-refractivity contribution in [3.05, 3.63) is 29.3 Å². The first kappa shape index (κ1) is 20.4. The van der Waals surface area contributed by atoms with Gasteiger partial charge >= 0.3 is 0 Å². The van der Waals surface area contributed by atoms with Gasteiger partial charge in [0.15, 0.2) is 5.78 Å². The van der Waals surface area contributed by atoms with Crippen LogP contribution in [0.15, 0.2) is 18.2 Å². The lowest BCUT2D eigenvalue weighted by molar-refractivity contribution is -0.140. The van der Waals surface area contributed by atoms with Gasteiger partial charge in [0.05, 0.1) is 12.0 Å². The number of hydrogen-bond acceptors (Lipinski definition) is 4. The molecule has 1 saturated heterocycles. The Balaban J connectivity index is 1.77. The molecule has 1 fully saturated rings. The summed E-state index contributed by atoms with van der Waals surface area (Å²) in [7, 11) is 0. The van der Waals surface area contributed by atoms with Crippen LogP contribution in [0.25, 0.3) is 0 Å². The molecular weight excluding hydrogens is 356 g/mol. The van der Waals surface area contributed by atoms with Crippen molar-refractivity contribution in [1.29, 1.82) is 0 Å². The van der Waals surface area contributed by atoms with Crippen molar-refractivity contribution >= 4 is 17.6 Å². The number of Topliss-reactive ketones (excluding diaryl/α,β-unsaturated/α-hetero) is 1. The molecule has 2 amide bonds. The summed E-state index contributed by atoms with van der Waals surface area (Å²) in [5, 5.41) is 2.94. The van der Waals surface area contributed by atoms with Gasteiger partial charge in [0.25, 0.3) is 0 Å². The van der Waals surface area contributed by atoms with E-state index in [1.54, 1.807) is 11.8 Å². The first-order valence-corrected chi connectivity index (χ1v) is 9.94. The Morgan fingerprint density at radius 1 is 1.25 bits per heavy atom. The summed E-state index contributed by atoms with van der Waals surface area (Å²) in [5.41, 5.74) is 0.607. The van der Waals surface area contributed by atoms with Crippen molar-refractivity contribution in [2.75, 3.05) is 6.54 Å². The monoisotopic (exact) mass is 386 g/mol. The van der Waals surface area contributed by atoms with Crippen LogP contribution in [0.3, 0.4) is 0 Å². The van der Waals surface area contributed by atoms with E-state index < -0.39 is 11.6 Å². The first-order valence-electron chi connectivity index (χ1n) is 9.94. The number of nitrogens with zero attached hydrogens (tertiary/aromatic N) is 1. The molecule has 2 aliphatic heterocycles. The van der Waals surface area contributed by atoms with Gasteiger partial charge in [-0.25, -0.2) is 0 Å². The molecule has 28 heavy (non-hydrogen) atoms. The number of ketones is 1. The lowest BCUT2D eigenvalue weighted by atomic mass is 9.84. The van der Waals surface area contributed by atoms with Crippen LogP contribution in [0.4, 0.5) is 0 Å². The second-order valence-corrected chi connectivity index (χ2v) is 9.14. The van der Waals surface area contributed by atoms with Crippen LogP contribution in [0, 0.1) is 6.92 Å². The zero-order valence-corrected chi connectivity index (χ0v) is 17.4. The third kappa shape index (κ3) is 4.21. The van der Waals surface area contributed by atoms with Crippen molar-refractivity contribution < 1.29 is 19.1 Å². The van der Waals surface area contributed by atoms with E-state index >= 15 is 0 Å². The molecule has 2 atom stereocenters. The highest BCUT2D eigenvalue weighted by Crippen LogP contribution is 2.40. The molecule has 2 heterocycles. The quantitative estimate of drug-likeness (QED) is 0.848. The van der Waals surface area contributed by atoms with Crippen molar-refractivity contribution in [2.45, 2.75) is 77.5 Å². The molecule has 0 bridgehead atoms. The largest absolute Gasteiger partial charge is 0.486 e. The normalized spacial score (nSPS) is 23.7. The zero-order valence-electron chi connectivity index (χ0n) is 17.4. The lowest BCUT2D eigenvalue weighted by Gasteiger charge is -2.37. The summed E-state index contributed by atoms with van der Waals surface area (Å²) < 4.78 is 6.28. The van der Waals surface area contributed by atoms with E-state index in [-0.39, 0.29) is 36.0 Å². The third-order valence-corrected chi connectivity index (χ3v) is 5.51. The number of aryl methyl sites for hydroxylation is 1. The SMILES string of the molecule is Cc1ccc2c(c1)C(=O)CC1(CCC(=O)N(C(C)C(=O)NC(C)(C)C)CC1)O2. The summed E-state index contributed by atoms with van der Waals surface area (Å²) in [6.45, 7) is 9.84. The molecular formula is C22H30N2O4. The number of benzene rings is 1. The number of fused-ring (bicyclic) bond motifs is 1. The maximum absolute atomic E-state index is 12.7. The molecule has 0 saturated carbocycles. The molecule has 1 N–H and O–H groups in total. The minimum Gasteiger partial charge on any atom is -0.486 e. The smallest absolute Gasteiger partial charge is 0.242 e. The summed E-state index contributed by atoms with van der Waals surface area (Å²) in [5.74, 6) is 0.420. The van der Waals surface area contributed by atoms with Crippen LogP contribution < -0.4 is 10.1 Å². The van der Waals surface area contributed by atoms with E-state index in [0.29, 0.717) is 30.7 Å². The first-order chi connectivity index (χ1) is 13.0. The fraction of sp³-hybridized carbons (Fsp3) is 0.591. The Labute approximate surface area is 166 Å². The van der Waals surface area contributed by atoms with Gasteiger partial charge in [-0.15, -0.1) is 0 Å². The van der Waals surface area contributed by atoms with Gasteiger partial charge in [0, 0.05) is 24.9 Å². The molecule has 1 aromatic rings. The van der Waals surface area contributed by atoms with Crippen molar-refractivity contribution in [3.8, 4) is 5.75 Å². The van der Waals surface area contributed by atoms with Gasteiger partial charge in [-0.05, 0) is 53.2 Å². The average Bonchev–Trinajstić information content (AvgIpc) is 2.73. The molecule has 1 spiro atoms. The molecule has 2 unspecified atom stereocenters.